The van der Waals surface area contributed by atoms with Crippen molar-refractivity contribution < 1.29 is 0 Å². The topological polar surface area (TPSA) is 26.0 Å². The molecular formula is C9H19N. The Labute approximate surface area is 64.0 Å². The van der Waals surface area contributed by atoms with Crippen LogP contribution in [0.4, 0.5) is 0 Å². The van der Waals surface area contributed by atoms with Gasteiger partial charge < -0.3 is 5.73 Å². The highest BCUT2D eigenvalue weighted by molar-refractivity contribution is 4.88. The fourth-order valence-corrected chi connectivity index (χ4v) is 2.27. The quantitative estimate of drug-likeness (QED) is 0.626. The lowest BCUT2D eigenvalue weighted by Gasteiger charge is -2.29. The van der Waals surface area contributed by atoms with E-state index in [0.29, 0.717) is 5.41 Å². The summed E-state index contributed by atoms with van der Waals surface area (Å²) in [4.78, 5) is 0. The van der Waals surface area contributed by atoms with Gasteiger partial charge in [0, 0.05) is 0 Å². The monoisotopic (exact) mass is 141 g/mol. The normalized spacial score (nSPS) is 40.5. The maximum absolute atomic E-state index is 5.73. The minimum Gasteiger partial charge on any atom is -0.330 e. The molecule has 0 aromatic carbocycles. The number of hydrogen-bond acceptors (Lipinski definition) is 1. The molecule has 10 heavy (non-hydrogen) atoms. The highest BCUT2D eigenvalue weighted by Gasteiger charge is 2.35. The molecule has 2 N–H and O–H groups in total. The fourth-order valence-electron chi connectivity index (χ4n) is 2.27. The smallest absolute Gasteiger partial charge is 0.00205 e. The third-order valence-electron chi connectivity index (χ3n) is 3.25. The number of hydrogen-bond donors (Lipinski definition) is 1. The van der Waals surface area contributed by atoms with Gasteiger partial charge in [0.2, 0.25) is 0 Å². The molecule has 0 spiro atoms. The lowest BCUT2D eigenvalue weighted by atomic mass is 9.78. The Hall–Kier alpha value is -0.0400. The zero-order chi connectivity index (χ0) is 7.61. The highest BCUT2D eigenvalue weighted by atomic mass is 14.6. The van der Waals surface area contributed by atoms with Gasteiger partial charge in [-0.2, -0.15) is 0 Å². The number of nitrogens with two attached hydrogens (primary N) is 1. The molecule has 1 aliphatic rings. The molecule has 1 nitrogen and oxygen atoms in total. The van der Waals surface area contributed by atoms with Crippen molar-refractivity contribution in [2.24, 2.45) is 17.1 Å². The van der Waals surface area contributed by atoms with Crippen LogP contribution in [-0.2, 0) is 0 Å². The van der Waals surface area contributed by atoms with Crippen molar-refractivity contribution in [3.8, 4) is 0 Å². The van der Waals surface area contributed by atoms with Crippen LogP contribution >= 0.6 is 0 Å². The Bertz CT molecular complexity index is 111. The van der Waals surface area contributed by atoms with Crippen molar-refractivity contribution in [3.05, 3.63) is 0 Å². The third-order valence-corrected chi connectivity index (χ3v) is 3.25. The largest absolute Gasteiger partial charge is 0.330 e. The van der Waals surface area contributed by atoms with E-state index < -0.39 is 0 Å². The fraction of sp³-hybridized carbons (Fsp3) is 1.00. The van der Waals surface area contributed by atoms with Crippen LogP contribution < -0.4 is 5.73 Å². The second kappa shape index (κ2) is 2.91. The summed E-state index contributed by atoms with van der Waals surface area (Å²) in [5, 5.41) is 0. The predicted molar refractivity (Wildman–Crippen MR) is 44.8 cm³/mol. The van der Waals surface area contributed by atoms with E-state index in [1.807, 2.05) is 0 Å². The van der Waals surface area contributed by atoms with Gasteiger partial charge in [-0.05, 0) is 30.7 Å². The van der Waals surface area contributed by atoms with Crippen LogP contribution in [0.2, 0.25) is 0 Å². The van der Waals surface area contributed by atoms with Crippen molar-refractivity contribution in [2.45, 2.75) is 39.5 Å². The molecule has 0 aromatic rings. The molecule has 2 atom stereocenters. The van der Waals surface area contributed by atoms with Crippen molar-refractivity contribution in [3.63, 3.8) is 0 Å². The molecule has 0 bridgehead atoms. The summed E-state index contributed by atoms with van der Waals surface area (Å²) < 4.78 is 0. The van der Waals surface area contributed by atoms with Crippen LogP contribution in [-0.4, -0.2) is 6.54 Å². The summed E-state index contributed by atoms with van der Waals surface area (Å²) in [6.45, 7) is 5.50. The Kier molecular flexibility index (Phi) is 2.35. The molecule has 0 saturated heterocycles. The van der Waals surface area contributed by atoms with Gasteiger partial charge in [-0.15, -0.1) is 0 Å². The molecule has 1 aliphatic carbocycles. The first kappa shape index (κ1) is 8.06. The van der Waals surface area contributed by atoms with E-state index in [9.17, 15) is 0 Å². The number of rotatable bonds is 2. The Balaban J connectivity index is 2.56. The molecule has 60 valence electrons. The van der Waals surface area contributed by atoms with Crippen LogP contribution in [0.15, 0.2) is 0 Å². The molecule has 1 rings (SSSR count). The maximum Gasteiger partial charge on any atom is -0.00205 e. The van der Waals surface area contributed by atoms with E-state index in [-0.39, 0.29) is 0 Å². The van der Waals surface area contributed by atoms with Crippen molar-refractivity contribution >= 4 is 0 Å². The van der Waals surface area contributed by atoms with Gasteiger partial charge in [0.25, 0.3) is 0 Å². The van der Waals surface area contributed by atoms with E-state index in [2.05, 4.69) is 13.8 Å². The van der Waals surface area contributed by atoms with Crippen LogP contribution in [0.3, 0.4) is 0 Å². The van der Waals surface area contributed by atoms with Crippen LogP contribution in [0.5, 0.6) is 0 Å². The minimum absolute atomic E-state index is 0.481. The molecule has 1 heteroatoms. The van der Waals surface area contributed by atoms with E-state index in [1.54, 1.807) is 0 Å². The van der Waals surface area contributed by atoms with Crippen molar-refractivity contribution in [1.29, 1.82) is 0 Å². The summed E-state index contributed by atoms with van der Waals surface area (Å²) in [5.41, 5.74) is 6.21. The molecular weight excluding hydrogens is 122 g/mol. The first-order valence-corrected chi connectivity index (χ1v) is 4.43. The third kappa shape index (κ3) is 1.20. The summed E-state index contributed by atoms with van der Waals surface area (Å²) in [6, 6.07) is 0. The summed E-state index contributed by atoms with van der Waals surface area (Å²) in [6.07, 6.45) is 5.46. The molecule has 0 aromatic heterocycles. The van der Waals surface area contributed by atoms with Crippen LogP contribution in [0.1, 0.15) is 39.5 Å². The Morgan fingerprint density at radius 1 is 1.60 bits per heavy atom. The van der Waals surface area contributed by atoms with Crippen molar-refractivity contribution in [1.82, 2.24) is 0 Å². The average Bonchev–Trinajstić information content (AvgIpc) is 2.32. The summed E-state index contributed by atoms with van der Waals surface area (Å²) in [7, 11) is 0. The second-order valence-corrected chi connectivity index (χ2v) is 3.86. The highest BCUT2D eigenvalue weighted by Crippen LogP contribution is 2.43. The van der Waals surface area contributed by atoms with Gasteiger partial charge in [-0.3, -0.25) is 0 Å². The van der Waals surface area contributed by atoms with Gasteiger partial charge >= 0.3 is 0 Å². The predicted octanol–water partition coefficient (Wildman–Crippen LogP) is 2.16. The molecule has 0 aliphatic heterocycles. The zero-order valence-electron chi connectivity index (χ0n) is 7.19. The van der Waals surface area contributed by atoms with Crippen LogP contribution in [0, 0.1) is 11.3 Å². The molecule has 1 saturated carbocycles. The van der Waals surface area contributed by atoms with E-state index in [0.717, 1.165) is 12.5 Å². The van der Waals surface area contributed by atoms with Gasteiger partial charge in [0.05, 0.1) is 0 Å². The second-order valence-electron chi connectivity index (χ2n) is 3.86. The molecule has 0 amide bonds. The summed E-state index contributed by atoms with van der Waals surface area (Å²) in [5.74, 6) is 0.900. The average molecular weight is 141 g/mol. The standard InChI is InChI=1S/C9H19N/c1-3-8-5-4-6-9(8,2)7-10/h8H,3-7,10H2,1-2H3/t8-,9+/m0/s1. The van der Waals surface area contributed by atoms with Gasteiger partial charge in [-0.1, -0.05) is 26.7 Å². The lowest BCUT2D eigenvalue weighted by Crippen LogP contribution is -2.30. The van der Waals surface area contributed by atoms with Gasteiger partial charge in [0.15, 0.2) is 0 Å². The first-order chi connectivity index (χ1) is 4.73. The van der Waals surface area contributed by atoms with Gasteiger partial charge in [0.1, 0.15) is 0 Å². The zero-order valence-corrected chi connectivity index (χ0v) is 7.19. The maximum atomic E-state index is 5.73. The first-order valence-electron chi connectivity index (χ1n) is 4.43. The summed E-state index contributed by atoms with van der Waals surface area (Å²) >= 11 is 0. The molecule has 0 radical (unpaired) electrons. The Morgan fingerprint density at radius 3 is 2.70 bits per heavy atom. The van der Waals surface area contributed by atoms with Gasteiger partial charge in [-0.25, -0.2) is 0 Å². The van der Waals surface area contributed by atoms with Crippen molar-refractivity contribution in [2.75, 3.05) is 6.54 Å². The SMILES string of the molecule is CC[C@H]1CCC[C@]1(C)CN. The van der Waals surface area contributed by atoms with E-state index >= 15 is 0 Å². The van der Waals surface area contributed by atoms with E-state index in [1.165, 1.54) is 25.7 Å². The Morgan fingerprint density at radius 2 is 2.30 bits per heavy atom. The van der Waals surface area contributed by atoms with Crippen LogP contribution in [0.25, 0.3) is 0 Å². The minimum atomic E-state index is 0.481. The molecule has 1 fully saturated rings. The lowest BCUT2D eigenvalue weighted by molar-refractivity contribution is 0.233. The molecule has 0 heterocycles. The molecule has 0 unspecified atom stereocenters. The van der Waals surface area contributed by atoms with E-state index in [4.69, 9.17) is 5.73 Å².